The maximum absolute atomic E-state index is 10.3. The second kappa shape index (κ2) is 41.6. The van der Waals surface area contributed by atoms with Crippen molar-refractivity contribution in [3.05, 3.63) is 0 Å². The molecule has 25 nitrogen and oxygen atoms in total. The minimum absolute atomic E-state index is 0. The first-order valence-electron chi connectivity index (χ1n) is 7.12. The average Bonchev–Trinajstić information content (AvgIpc) is 2.41. The predicted molar refractivity (Wildman–Crippen MR) is 118 cm³/mol. The fraction of sp³-hybridized carbons (Fsp3) is 0.500. The number of aliphatic hydroxyl groups is 2. The molecule has 0 bridgehead atoms. The second-order valence-corrected chi connectivity index (χ2v) is 6.50. The Kier molecular flexibility index (Phi) is 89.2. The summed E-state index contributed by atoms with van der Waals surface area (Å²) in [4.78, 5) is 82.5. The van der Waals surface area contributed by atoms with E-state index in [1.54, 1.807) is 0 Å². The molecule has 0 radical (unpaired) electrons. The van der Waals surface area contributed by atoms with E-state index < -0.39 is 80.5 Å². The first-order chi connectivity index (χ1) is 13.6. The third-order valence-corrected chi connectivity index (χ3v) is 2.57. The van der Waals surface area contributed by atoms with Crippen molar-refractivity contribution >= 4 is 43.6 Å². The molecule has 25 N–H and O–H groups in total. The molecule has 0 spiro atoms. The first kappa shape index (κ1) is 90.1. The van der Waals surface area contributed by atoms with Crippen LogP contribution in [0.5, 0.6) is 0 Å². The van der Waals surface area contributed by atoms with Gasteiger partial charge in [0.25, 0.3) is 0 Å². The Bertz CT molecular complexity index is 685. The van der Waals surface area contributed by atoms with E-state index in [1.807, 2.05) is 0 Å². The van der Waals surface area contributed by atoms with Crippen LogP contribution in [0.15, 0.2) is 0 Å². The number of rotatable bonds is 10. The average molecular weight is 704 g/mol. The van der Waals surface area contributed by atoms with E-state index in [-0.39, 0.29) is 162 Å². The van der Waals surface area contributed by atoms with E-state index in [0.717, 1.165) is 0 Å². The van der Waals surface area contributed by atoms with Crippen LogP contribution in [-0.2, 0) is 33.3 Å². The van der Waals surface area contributed by atoms with Crippen LogP contribution in [0.2, 0.25) is 0 Å². The summed E-state index contributed by atoms with van der Waals surface area (Å²) in [6, 6.07) is 0. The number of hydrogen-bond donors (Lipinski definition) is 11. The molecule has 0 fully saturated rings. The van der Waals surface area contributed by atoms with Crippen LogP contribution in [0, 0.1) is 0 Å². The molecule has 0 amide bonds. The van der Waals surface area contributed by atoms with Gasteiger partial charge in [0.2, 0.25) is 0 Å². The van der Waals surface area contributed by atoms with Crippen LogP contribution in [0.25, 0.3) is 0 Å². The van der Waals surface area contributed by atoms with Gasteiger partial charge in [-0.2, -0.15) is 0 Å². The van der Waals surface area contributed by atoms with Gasteiger partial charge in [-0.25, -0.2) is 14.2 Å². The van der Waals surface area contributed by atoms with Gasteiger partial charge < -0.3 is 99.6 Å². The molecule has 0 atom stereocenters. The Morgan fingerprint density at radius 1 is 0.452 bits per heavy atom. The zero-order valence-electron chi connectivity index (χ0n) is 26.6. The molecule has 244 valence electrons. The van der Waals surface area contributed by atoms with Crippen molar-refractivity contribution in [2.45, 2.75) is 36.9 Å². The van der Waals surface area contributed by atoms with Gasteiger partial charge in [0.15, 0.2) is 11.2 Å². The fourth-order valence-electron chi connectivity index (χ4n) is 1.43. The van der Waals surface area contributed by atoms with Crippen molar-refractivity contribution in [2.24, 2.45) is 0 Å². The van der Waals surface area contributed by atoms with Crippen molar-refractivity contribution in [3.63, 3.8) is 0 Å². The van der Waals surface area contributed by atoms with E-state index >= 15 is 0 Å². The summed E-state index contributed by atoms with van der Waals surface area (Å²) in [5.41, 5.74) is -5.48. The molecule has 0 heterocycles. The number of phosphoric acid groups is 1. The van der Waals surface area contributed by atoms with Gasteiger partial charge in [0.1, 0.15) is 0 Å². The molecule has 0 aliphatic carbocycles. The maximum atomic E-state index is 10.3. The Labute approximate surface area is 328 Å². The summed E-state index contributed by atoms with van der Waals surface area (Å²) in [6.45, 7) is 0. The SMILES string of the molecule is O.O.O.O.O.O.O.O=C(O)CC(O)(CC(=O)O)C(=O)O.O=C(O)CC(O)(CC(=O)O)C(=O)O.O=P(O)(O)O.[H-].[H-].[H-].[H-].[Na+].[Na+].[Na+].[Na+]. The Morgan fingerprint density at radius 3 is 0.595 bits per heavy atom. The number of carboxylic acids is 6. The smallest absolute Gasteiger partial charge is 1.00 e. The van der Waals surface area contributed by atoms with Crippen LogP contribution in [0.4, 0.5) is 0 Å². The van der Waals surface area contributed by atoms with Crippen LogP contribution in [0.1, 0.15) is 31.4 Å². The molecule has 0 aliphatic rings. The Balaban J connectivity index is -0.0000000144. The normalized spacial score (nSPS) is 8.12. The molecule has 0 aliphatic heterocycles. The monoisotopic (exact) mass is 704 g/mol. The predicted octanol–water partition coefficient (Wildman–Crippen LogP) is -20.7. The van der Waals surface area contributed by atoms with Gasteiger partial charge in [-0.05, 0) is 0 Å². The van der Waals surface area contributed by atoms with E-state index in [2.05, 4.69) is 0 Å². The quantitative estimate of drug-likeness (QED) is 0.0742. The van der Waals surface area contributed by atoms with Crippen molar-refractivity contribution in [2.75, 3.05) is 0 Å². The third-order valence-electron chi connectivity index (χ3n) is 2.57. The summed E-state index contributed by atoms with van der Waals surface area (Å²) in [5.74, 6) is -10.0. The molecule has 0 saturated heterocycles. The molecule has 0 aromatic carbocycles. The molecule has 0 aromatic heterocycles. The van der Waals surface area contributed by atoms with Crippen molar-refractivity contribution in [3.8, 4) is 0 Å². The molecule has 0 aromatic rings. The zero-order valence-corrected chi connectivity index (χ0v) is 31.4. The zero-order chi connectivity index (χ0) is 25.8. The molecule has 0 saturated carbocycles. The van der Waals surface area contributed by atoms with E-state index in [1.165, 1.54) is 0 Å². The van der Waals surface area contributed by atoms with Crippen molar-refractivity contribution in [1.29, 1.82) is 0 Å². The van der Waals surface area contributed by atoms with Crippen LogP contribution >= 0.6 is 7.82 Å². The summed E-state index contributed by atoms with van der Waals surface area (Å²) >= 11 is 0. The van der Waals surface area contributed by atoms with E-state index in [4.69, 9.17) is 60.1 Å². The number of carboxylic acid groups (broad SMARTS) is 6. The number of aliphatic carboxylic acids is 6. The van der Waals surface area contributed by atoms with Crippen LogP contribution < -0.4 is 118 Å². The van der Waals surface area contributed by atoms with Crippen molar-refractivity contribution in [1.82, 2.24) is 0 Å². The number of carbonyl (C=O) groups is 6. The van der Waals surface area contributed by atoms with Gasteiger partial charge in [-0.15, -0.1) is 0 Å². The summed E-state index contributed by atoms with van der Waals surface area (Å²) in [7, 11) is -4.64. The minimum atomic E-state index is -4.64. The van der Waals surface area contributed by atoms with Gasteiger partial charge in [-0.3, -0.25) is 19.2 Å². The largest absolute Gasteiger partial charge is 1.00 e. The van der Waals surface area contributed by atoms with Crippen LogP contribution in [0.3, 0.4) is 0 Å². The summed E-state index contributed by atoms with van der Waals surface area (Å²) in [5, 5.41) is 67.6. The molecule has 30 heteroatoms. The van der Waals surface area contributed by atoms with E-state index in [9.17, 15) is 28.8 Å². The summed E-state index contributed by atoms with van der Waals surface area (Å²) in [6.07, 6.45) is -4.58. The second-order valence-electron chi connectivity index (χ2n) is 5.47. The molecular formula is C12H37Na4O25P. The standard InChI is InChI=1S/2C6H8O7.4Na.H3O4P.7H2O.4H/c2*7-3(8)1-6(13,5(11)12)2-4(9)10;;;;;1-5(2,3)4;;;;;;;;;;;/h2*13H,1-2H2,(H,7,8)(H,9,10)(H,11,12);;;;;(H3,1,2,3,4);7*1H2;;;;/q;;4*+1;;;;;;;;;4*-1. The molecular weight excluding hydrogens is 667 g/mol. The Hall–Kier alpha value is 0.570. The van der Waals surface area contributed by atoms with E-state index in [0.29, 0.717) is 0 Å². The first-order valence-corrected chi connectivity index (χ1v) is 8.69. The molecule has 42 heavy (non-hydrogen) atoms. The van der Waals surface area contributed by atoms with Gasteiger partial charge in [0.05, 0.1) is 25.7 Å². The van der Waals surface area contributed by atoms with Crippen LogP contribution in [-0.4, -0.2) is 141 Å². The van der Waals surface area contributed by atoms with Crippen molar-refractivity contribution < 1.29 is 251 Å². The van der Waals surface area contributed by atoms with Gasteiger partial charge in [-0.1, -0.05) is 0 Å². The summed E-state index contributed by atoms with van der Waals surface area (Å²) < 4.78 is 8.88. The fourth-order valence-corrected chi connectivity index (χ4v) is 1.43. The maximum Gasteiger partial charge on any atom is 1.00 e. The topological polar surface area (TPSA) is 563 Å². The molecule has 0 unspecified atom stereocenters. The minimum Gasteiger partial charge on any atom is -1.00 e. The molecule has 0 rings (SSSR count). The number of hydrogen-bond acceptors (Lipinski definition) is 9. The Morgan fingerprint density at radius 2 is 0.548 bits per heavy atom. The van der Waals surface area contributed by atoms with Gasteiger partial charge >= 0.3 is 162 Å². The van der Waals surface area contributed by atoms with Gasteiger partial charge in [0, 0.05) is 0 Å². The third kappa shape index (κ3) is 59.9.